The van der Waals surface area contributed by atoms with Gasteiger partial charge in [-0.1, -0.05) is 85.7 Å². The monoisotopic (exact) mass is 478 g/mol. The Morgan fingerprint density at radius 2 is 1.23 bits per heavy atom. The van der Waals surface area contributed by atoms with Crippen LogP contribution in [0.4, 0.5) is 5.69 Å². The van der Waals surface area contributed by atoms with Crippen LogP contribution in [0.1, 0.15) is 135 Å². The average Bonchev–Trinajstić information content (AvgIpc) is 3.60. The molecule has 35 heavy (non-hydrogen) atoms. The maximum Gasteiger partial charge on any atom is 0.0438 e. The van der Waals surface area contributed by atoms with Crippen LogP contribution in [0.5, 0.6) is 0 Å². The second kappa shape index (κ2) is 13.5. The van der Waals surface area contributed by atoms with Gasteiger partial charge in [0.15, 0.2) is 0 Å². The van der Waals surface area contributed by atoms with Crippen LogP contribution < -0.4 is 10.6 Å². The molecule has 0 spiro atoms. The van der Waals surface area contributed by atoms with Crippen molar-refractivity contribution in [3.8, 4) is 0 Å². The fourth-order valence-electron chi connectivity index (χ4n) is 5.26. The lowest BCUT2D eigenvalue weighted by molar-refractivity contribution is 0.461. The summed E-state index contributed by atoms with van der Waals surface area (Å²) in [7, 11) is 0. The molecule has 1 fully saturated rings. The minimum Gasteiger partial charge on any atom is -0.383 e. The van der Waals surface area contributed by atoms with Crippen molar-refractivity contribution in [3.63, 3.8) is 0 Å². The molecule has 0 heterocycles. The molecule has 2 aliphatic rings. The van der Waals surface area contributed by atoms with Gasteiger partial charge in [-0.3, -0.25) is 0 Å². The number of hydrogen-bond acceptors (Lipinski definition) is 2. The first-order chi connectivity index (χ1) is 16.6. The Bertz CT molecular complexity index is 886. The molecular weight excluding hydrogens is 424 g/mol. The first kappa shape index (κ1) is 29.4. The fourth-order valence-corrected chi connectivity index (χ4v) is 5.26. The van der Waals surface area contributed by atoms with E-state index in [1.165, 1.54) is 55.3 Å². The maximum absolute atomic E-state index is 3.70. The Labute approximate surface area is 217 Å². The van der Waals surface area contributed by atoms with E-state index in [1.54, 1.807) is 16.7 Å². The zero-order valence-corrected chi connectivity index (χ0v) is 24.5. The summed E-state index contributed by atoms with van der Waals surface area (Å²) in [5.41, 5.74) is 9.36. The van der Waals surface area contributed by atoms with Crippen LogP contribution in [0, 0.1) is 0 Å². The van der Waals surface area contributed by atoms with Gasteiger partial charge in [-0.25, -0.2) is 0 Å². The number of anilines is 1. The first-order valence-electron chi connectivity index (χ1n) is 14.4. The fraction of sp³-hybridized carbons (Fsp3) is 0.636. The summed E-state index contributed by atoms with van der Waals surface area (Å²) < 4.78 is 0. The van der Waals surface area contributed by atoms with Crippen LogP contribution in [-0.2, 0) is 18.4 Å². The van der Waals surface area contributed by atoms with Gasteiger partial charge >= 0.3 is 0 Å². The maximum atomic E-state index is 3.70. The summed E-state index contributed by atoms with van der Waals surface area (Å²) in [4.78, 5) is 0. The van der Waals surface area contributed by atoms with Crippen LogP contribution in [0.15, 0.2) is 36.4 Å². The van der Waals surface area contributed by atoms with E-state index >= 15 is 0 Å². The summed E-state index contributed by atoms with van der Waals surface area (Å²) in [6.07, 6.45) is 7.80. The standard InChI is InChI=1S/C16H25N.C15H23N.C2H6/c1-11(2)13-9-10-16(17-12(3)4)15-8-6-5-7-14(13)15;1-11(2)13-5-7-14(8-6-13)15(9-10-15)16-12(3)4;1-2/h9-12,17H,5-8H2,1-4H3;5-8,11-12,16H,9-10H2,1-4H3;1-2H3. The minimum absolute atomic E-state index is 0.295. The molecular formula is C33H54N2. The summed E-state index contributed by atoms with van der Waals surface area (Å²) in [6.45, 7) is 22.0. The zero-order valence-electron chi connectivity index (χ0n) is 24.5. The molecule has 2 nitrogen and oxygen atoms in total. The predicted molar refractivity (Wildman–Crippen MR) is 157 cm³/mol. The lowest BCUT2D eigenvalue weighted by Crippen LogP contribution is -2.34. The van der Waals surface area contributed by atoms with Gasteiger partial charge in [0.1, 0.15) is 0 Å². The largest absolute Gasteiger partial charge is 0.383 e. The molecule has 0 saturated heterocycles. The lowest BCUT2D eigenvalue weighted by Gasteiger charge is -2.25. The SMILES string of the molecule is CC.CC(C)NC1(c2ccc(C(C)C)cc2)CC1.CC(C)Nc1ccc(C(C)C)c2c1CCCC2. The van der Waals surface area contributed by atoms with Crippen molar-refractivity contribution >= 4 is 5.69 Å². The van der Waals surface area contributed by atoms with Crippen molar-refractivity contribution in [2.45, 2.75) is 137 Å². The molecule has 2 N–H and O–H groups in total. The Hall–Kier alpha value is -1.80. The third kappa shape index (κ3) is 8.10. The van der Waals surface area contributed by atoms with Gasteiger partial charge in [-0.05, 0) is 98.1 Å². The second-order valence-electron chi connectivity index (χ2n) is 11.5. The summed E-state index contributed by atoms with van der Waals surface area (Å²) in [5, 5.41) is 7.29. The van der Waals surface area contributed by atoms with Crippen LogP contribution >= 0.6 is 0 Å². The summed E-state index contributed by atoms with van der Waals surface area (Å²) in [5.74, 6) is 1.28. The molecule has 0 unspecified atom stereocenters. The highest BCUT2D eigenvalue weighted by Crippen LogP contribution is 2.46. The highest BCUT2D eigenvalue weighted by atomic mass is 15.0. The predicted octanol–water partition coefficient (Wildman–Crippen LogP) is 9.33. The molecule has 4 rings (SSSR count). The number of fused-ring (bicyclic) bond motifs is 1. The van der Waals surface area contributed by atoms with E-state index < -0.39 is 0 Å². The molecule has 2 heteroatoms. The molecule has 0 aromatic heterocycles. The van der Waals surface area contributed by atoms with Gasteiger partial charge in [-0.2, -0.15) is 0 Å². The van der Waals surface area contributed by atoms with E-state index in [4.69, 9.17) is 0 Å². The zero-order chi connectivity index (χ0) is 26.2. The molecule has 0 amide bonds. The topological polar surface area (TPSA) is 24.1 Å². The third-order valence-corrected chi connectivity index (χ3v) is 7.08. The normalized spacial score (nSPS) is 15.8. The Balaban J connectivity index is 0.000000231. The molecule has 2 aromatic rings. The van der Waals surface area contributed by atoms with E-state index in [1.807, 2.05) is 13.8 Å². The van der Waals surface area contributed by atoms with Crippen molar-refractivity contribution in [3.05, 3.63) is 64.2 Å². The van der Waals surface area contributed by atoms with Gasteiger partial charge in [0.2, 0.25) is 0 Å². The van der Waals surface area contributed by atoms with E-state index in [9.17, 15) is 0 Å². The highest BCUT2D eigenvalue weighted by molar-refractivity contribution is 5.59. The van der Waals surface area contributed by atoms with Gasteiger partial charge < -0.3 is 10.6 Å². The van der Waals surface area contributed by atoms with Crippen molar-refractivity contribution in [2.75, 3.05) is 5.32 Å². The third-order valence-electron chi connectivity index (χ3n) is 7.08. The van der Waals surface area contributed by atoms with Crippen molar-refractivity contribution in [1.29, 1.82) is 0 Å². The number of benzene rings is 2. The van der Waals surface area contributed by atoms with E-state index in [0.29, 0.717) is 29.5 Å². The highest BCUT2D eigenvalue weighted by Gasteiger charge is 2.44. The summed E-state index contributed by atoms with van der Waals surface area (Å²) in [6, 6.07) is 14.9. The second-order valence-corrected chi connectivity index (χ2v) is 11.5. The van der Waals surface area contributed by atoms with Crippen LogP contribution in [0.25, 0.3) is 0 Å². The molecule has 2 aliphatic carbocycles. The smallest absolute Gasteiger partial charge is 0.0438 e. The minimum atomic E-state index is 0.295. The van der Waals surface area contributed by atoms with Gasteiger partial charge in [0, 0.05) is 23.3 Å². The van der Waals surface area contributed by atoms with Crippen LogP contribution in [0.2, 0.25) is 0 Å². The molecule has 1 saturated carbocycles. The van der Waals surface area contributed by atoms with Gasteiger partial charge in [-0.15, -0.1) is 0 Å². The number of rotatable bonds is 7. The van der Waals surface area contributed by atoms with Crippen molar-refractivity contribution in [1.82, 2.24) is 5.32 Å². The Morgan fingerprint density at radius 1 is 0.657 bits per heavy atom. The Morgan fingerprint density at radius 3 is 1.69 bits per heavy atom. The van der Waals surface area contributed by atoms with Crippen LogP contribution in [0.3, 0.4) is 0 Å². The van der Waals surface area contributed by atoms with Gasteiger partial charge in [0.25, 0.3) is 0 Å². The molecule has 0 atom stereocenters. The molecule has 0 aliphatic heterocycles. The quantitative estimate of drug-likeness (QED) is 0.414. The molecule has 0 bridgehead atoms. The molecule has 0 radical (unpaired) electrons. The number of hydrogen-bond donors (Lipinski definition) is 2. The van der Waals surface area contributed by atoms with E-state index in [2.05, 4.69) is 102 Å². The van der Waals surface area contributed by atoms with Crippen molar-refractivity contribution < 1.29 is 0 Å². The molecule has 2 aromatic carbocycles. The number of nitrogens with one attached hydrogen (secondary N) is 2. The van der Waals surface area contributed by atoms with E-state index in [0.717, 1.165) is 0 Å². The Kier molecular flexibility index (Phi) is 11.3. The first-order valence-corrected chi connectivity index (χ1v) is 14.4. The average molecular weight is 479 g/mol. The van der Waals surface area contributed by atoms with Crippen LogP contribution in [-0.4, -0.2) is 12.1 Å². The lowest BCUT2D eigenvalue weighted by atomic mass is 9.83. The van der Waals surface area contributed by atoms with E-state index in [-0.39, 0.29) is 0 Å². The van der Waals surface area contributed by atoms with Gasteiger partial charge in [0.05, 0.1) is 0 Å². The van der Waals surface area contributed by atoms with Crippen molar-refractivity contribution in [2.24, 2.45) is 0 Å². The summed E-state index contributed by atoms with van der Waals surface area (Å²) >= 11 is 0. The molecule has 196 valence electrons.